The van der Waals surface area contributed by atoms with E-state index in [1.807, 2.05) is 0 Å². The van der Waals surface area contributed by atoms with Crippen LogP contribution in [0.25, 0.3) is 0 Å². The summed E-state index contributed by atoms with van der Waals surface area (Å²) < 4.78 is 20.9. The standard InChI is InChI=1S/C30H58O10/c1-3-4-5-6-7-8-9-10-11-12-13-14-15-16-17-18-19-38-21-23(37-2)22-39-30(36)40-29-26(33)24(20-31)25(32)27(34)28(29)35/h23-29,31-35H,3-22H2,1-2H3/t23-,24-,25-,26-,27+,28-,29-/m1/s1. The van der Waals surface area contributed by atoms with Gasteiger partial charge in [-0.3, -0.25) is 0 Å². The molecule has 0 saturated heterocycles. The first-order valence-corrected chi connectivity index (χ1v) is 15.6. The molecule has 1 aliphatic carbocycles. The van der Waals surface area contributed by atoms with Crippen molar-refractivity contribution in [3.63, 3.8) is 0 Å². The van der Waals surface area contributed by atoms with Crippen molar-refractivity contribution in [2.24, 2.45) is 5.92 Å². The fourth-order valence-corrected chi connectivity index (χ4v) is 5.11. The molecule has 1 rings (SSSR count). The van der Waals surface area contributed by atoms with Gasteiger partial charge in [-0.05, 0) is 6.42 Å². The Bertz CT molecular complexity index is 607. The van der Waals surface area contributed by atoms with Crippen molar-refractivity contribution < 1.29 is 49.3 Å². The molecule has 0 amide bonds. The summed E-state index contributed by atoms with van der Waals surface area (Å²) in [6.07, 6.45) is 11.1. The van der Waals surface area contributed by atoms with E-state index in [1.54, 1.807) is 0 Å². The number of hydrogen-bond acceptors (Lipinski definition) is 10. The van der Waals surface area contributed by atoms with E-state index >= 15 is 0 Å². The summed E-state index contributed by atoms with van der Waals surface area (Å²) in [5.74, 6) is -1.18. The van der Waals surface area contributed by atoms with Gasteiger partial charge in [0.15, 0.2) is 6.10 Å². The summed E-state index contributed by atoms with van der Waals surface area (Å²) in [7, 11) is 1.47. The topological polar surface area (TPSA) is 155 Å². The number of hydrogen-bond donors (Lipinski definition) is 5. The maximum absolute atomic E-state index is 12.1. The van der Waals surface area contributed by atoms with E-state index < -0.39 is 55.3 Å². The Hall–Kier alpha value is -1.01. The molecule has 1 saturated carbocycles. The predicted molar refractivity (Wildman–Crippen MR) is 152 cm³/mol. The van der Waals surface area contributed by atoms with Crippen LogP contribution >= 0.6 is 0 Å². The minimum atomic E-state index is -1.73. The molecule has 0 aromatic rings. The molecule has 0 aromatic heterocycles. The highest BCUT2D eigenvalue weighted by molar-refractivity contribution is 5.60. The second kappa shape index (κ2) is 23.5. The lowest BCUT2D eigenvalue weighted by molar-refractivity contribution is -0.214. The van der Waals surface area contributed by atoms with Crippen molar-refractivity contribution in [2.75, 3.05) is 33.5 Å². The molecule has 0 bridgehead atoms. The molecule has 1 aliphatic rings. The molecule has 0 unspecified atom stereocenters. The summed E-state index contributed by atoms with van der Waals surface area (Å²) >= 11 is 0. The molecule has 10 nitrogen and oxygen atoms in total. The van der Waals surface area contributed by atoms with Gasteiger partial charge in [0, 0.05) is 19.6 Å². The number of methoxy groups -OCH3 is 1. The Balaban J connectivity index is 2.01. The first-order chi connectivity index (χ1) is 19.4. The van der Waals surface area contributed by atoms with Crippen LogP contribution in [-0.4, -0.2) is 102 Å². The first-order valence-electron chi connectivity index (χ1n) is 15.6. The molecule has 5 N–H and O–H groups in total. The molecule has 0 aliphatic heterocycles. The molecule has 1 fully saturated rings. The van der Waals surface area contributed by atoms with Crippen molar-refractivity contribution in [1.82, 2.24) is 0 Å². The molecule has 238 valence electrons. The minimum Gasteiger partial charge on any atom is -0.431 e. The van der Waals surface area contributed by atoms with Crippen LogP contribution in [0.4, 0.5) is 4.79 Å². The SMILES string of the molecule is CCCCCCCCCCCCCCCCCCOC[C@H](COC(=O)O[C@H]1[C@H](O)[C@@H](O)[C@H](O)[C@@H](CO)[C@H]1O)OC. The summed E-state index contributed by atoms with van der Waals surface area (Å²) in [5.41, 5.74) is 0. The Morgan fingerprint density at radius 3 is 1.65 bits per heavy atom. The van der Waals surface area contributed by atoms with E-state index in [4.69, 9.17) is 18.9 Å². The van der Waals surface area contributed by atoms with E-state index in [-0.39, 0.29) is 13.2 Å². The molecule has 0 heterocycles. The second-order valence-electron chi connectivity index (χ2n) is 11.2. The summed E-state index contributed by atoms with van der Waals surface area (Å²) in [5, 5.41) is 49.3. The van der Waals surface area contributed by atoms with Crippen LogP contribution in [0.3, 0.4) is 0 Å². The third kappa shape index (κ3) is 15.3. The largest absolute Gasteiger partial charge is 0.508 e. The average molecular weight is 579 g/mol. The number of aliphatic hydroxyl groups excluding tert-OH is 5. The highest BCUT2D eigenvalue weighted by atomic mass is 16.7. The van der Waals surface area contributed by atoms with Crippen LogP contribution in [0.15, 0.2) is 0 Å². The van der Waals surface area contributed by atoms with Gasteiger partial charge in [0.1, 0.15) is 31.0 Å². The van der Waals surface area contributed by atoms with Gasteiger partial charge in [0.2, 0.25) is 0 Å². The molecule has 0 spiro atoms. The van der Waals surface area contributed by atoms with Gasteiger partial charge in [-0.25, -0.2) is 4.79 Å². The molecule has 40 heavy (non-hydrogen) atoms. The van der Waals surface area contributed by atoms with Crippen LogP contribution in [-0.2, 0) is 18.9 Å². The number of carbonyl (C=O) groups excluding carboxylic acids is 1. The van der Waals surface area contributed by atoms with Gasteiger partial charge in [0.05, 0.1) is 19.3 Å². The normalized spacial score (nSPS) is 25.6. The summed E-state index contributed by atoms with van der Waals surface area (Å²) in [6.45, 7) is 2.25. The highest BCUT2D eigenvalue weighted by Gasteiger charge is 2.50. The van der Waals surface area contributed by atoms with Crippen LogP contribution in [0.2, 0.25) is 0 Å². The van der Waals surface area contributed by atoms with Crippen LogP contribution in [0, 0.1) is 5.92 Å². The molecule has 0 radical (unpaired) electrons. The Labute approximate surface area is 241 Å². The van der Waals surface area contributed by atoms with E-state index in [2.05, 4.69) is 6.92 Å². The second-order valence-corrected chi connectivity index (χ2v) is 11.2. The van der Waals surface area contributed by atoms with Crippen LogP contribution in [0.5, 0.6) is 0 Å². The van der Waals surface area contributed by atoms with Gasteiger partial charge in [-0.15, -0.1) is 0 Å². The zero-order valence-corrected chi connectivity index (χ0v) is 25.0. The summed E-state index contributed by atoms with van der Waals surface area (Å²) in [4.78, 5) is 12.1. The van der Waals surface area contributed by atoms with Gasteiger partial charge >= 0.3 is 6.16 Å². The molecule has 10 heteroatoms. The number of unbranched alkanes of at least 4 members (excludes halogenated alkanes) is 15. The van der Waals surface area contributed by atoms with E-state index in [0.29, 0.717) is 6.61 Å². The number of ether oxygens (including phenoxy) is 4. The number of rotatable bonds is 24. The van der Waals surface area contributed by atoms with Crippen molar-refractivity contribution in [1.29, 1.82) is 0 Å². The van der Waals surface area contributed by atoms with Gasteiger partial charge in [-0.2, -0.15) is 0 Å². The quantitative estimate of drug-likeness (QED) is 0.0842. The van der Waals surface area contributed by atoms with E-state index in [1.165, 1.54) is 97.0 Å². The van der Waals surface area contributed by atoms with Crippen molar-refractivity contribution >= 4 is 6.16 Å². The Morgan fingerprint density at radius 1 is 0.675 bits per heavy atom. The lowest BCUT2D eigenvalue weighted by atomic mass is 9.79. The third-order valence-corrected chi connectivity index (χ3v) is 7.86. The third-order valence-electron chi connectivity index (χ3n) is 7.86. The molecular weight excluding hydrogens is 520 g/mol. The number of carbonyl (C=O) groups is 1. The van der Waals surface area contributed by atoms with Crippen molar-refractivity contribution in [3.8, 4) is 0 Å². The first kappa shape index (κ1) is 37.0. The van der Waals surface area contributed by atoms with Gasteiger partial charge in [-0.1, -0.05) is 103 Å². The van der Waals surface area contributed by atoms with E-state index in [0.717, 1.165) is 12.8 Å². The zero-order chi connectivity index (χ0) is 29.6. The van der Waals surface area contributed by atoms with Crippen molar-refractivity contribution in [3.05, 3.63) is 0 Å². The monoisotopic (exact) mass is 578 g/mol. The Kier molecular flexibility index (Phi) is 21.8. The van der Waals surface area contributed by atoms with Crippen LogP contribution in [0.1, 0.15) is 110 Å². The average Bonchev–Trinajstić information content (AvgIpc) is 2.95. The number of aliphatic hydroxyl groups is 5. The highest BCUT2D eigenvalue weighted by Crippen LogP contribution is 2.28. The maximum Gasteiger partial charge on any atom is 0.508 e. The van der Waals surface area contributed by atoms with E-state index in [9.17, 15) is 30.3 Å². The lowest BCUT2D eigenvalue weighted by Gasteiger charge is -2.42. The maximum atomic E-state index is 12.1. The van der Waals surface area contributed by atoms with Gasteiger partial charge in [0.25, 0.3) is 0 Å². The van der Waals surface area contributed by atoms with Crippen LogP contribution < -0.4 is 0 Å². The predicted octanol–water partition coefficient (Wildman–Crippen LogP) is 3.87. The van der Waals surface area contributed by atoms with Gasteiger partial charge < -0.3 is 44.5 Å². The summed E-state index contributed by atoms with van der Waals surface area (Å²) in [6, 6.07) is 0. The molecular formula is C30H58O10. The fourth-order valence-electron chi connectivity index (χ4n) is 5.11. The fraction of sp³-hybridized carbons (Fsp3) is 0.967. The smallest absolute Gasteiger partial charge is 0.431 e. The molecule has 7 atom stereocenters. The Morgan fingerprint density at radius 2 is 1.18 bits per heavy atom. The lowest BCUT2D eigenvalue weighted by Crippen LogP contribution is -2.63. The van der Waals surface area contributed by atoms with Crippen molar-refractivity contribution in [2.45, 2.75) is 146 Å². The zero-order valence-electron chi connectivity index (χ0n) is 25.0. The minimum absolute atomic E-state index is 0.165. The molecule has 0 aromatic carbocycles.